The number of piperidine rings is 1. The van der Waals surface area contributed by atoms with Gasteiger partial charge in [-0.15, -0.1) is 11.3 Å². The lowest BCUT2D eigenvalue weighted by atomic mass is 10.0. The van der Waals surface area contributed by atoms with E-state index < -0.39 is 0 Å². The molecule has 6 nitrogen and oxygen atoms in total. The van der Waals surface area contributed by atoms with Crippen LogP contribution in [0.15, 0.2) is 17.1 Å². The number of aryl methyl sites for hydroxylation is 1. The zero-order valence-corrected chi connectivity index (χ0v) is 12.6. The molecule has 5 heterocycles. The van der Waals surface area contributed by atoms with Crippen LogP contribution in [0, 0.1) is 24.7 Å². The second-order valence-electron chi connectivity index (χ2n) is 6.61. The van der Waals surface area contributed by atoms with Crippen LogP contribution in [0.25, 0.3) is 20.7 Å². The number of hydrogen-bond acceptors (Lipinski definition) is 5. The number of aromatic nitrogens is 4. The number of hydrogen-bond donors (Lipinski definition) is 3. The average molecular weight is 311 g/mol. The molecule has 22 heavy (non-hydrogen) atoms. The molecule has 7 rings (SSSR count). The number of fused-ring (bicyclic) bond motifs is 2. The summed E-state index contributed by atoms with van der Waals surface area (Å²) in [5.74, 6) is 3.08. The first-order valence-electron chi connectivity index (χ1n) is 7.50. The van der Waals surface area contributed by atoms with Crippen molar-refractivity contribution in [3.63, 3.8) is 0 Å². The second kappa shape index (κ2) is 3.33. The maximum atomic E-state index is 12.5. The first-order chi connectivity index (χ1) is 10.7. The zero-order chi connectivity index (χ0) is 14.6. The van der Waals surface area contributed by atoms with Crippen molar-refractivity contribution in [1.29, 1.82) is 0 Å². The highest BCUT2D eigenvalue weighted by Gasteiger charge is 2.89. The zero-order valence-electron chi connectivity index (χ0n) is 11.8. The number of aromatic amines is 2. The van der Waals surface area contributed by atoms with Crippen molar-refractivity contribution in [2.45, 2.75) is 12.5 Å². The van der Waals surface area contributed by atoms with E-state index in [2.05, 4.69) is 20.5 Å². The molecule has 2 unspecified atom stereocenters. The molecule has 2 saturated carbocycles. The van der Waals surface area contributed by atoms with Gasteiger partial charge in [-0.2, -0.15) is 5.10 Å². The van der Waals surface area contributed by atoms with E-state index in [-0.39, 0.29) is 11.1 Å². The third-order valence-electron chi connectivity index (χ3n) is 5.61. The van der Waals surface area contributed by atoms with Gasteiger partial charge in [0.05, 0.1) is 17.3 Å². The van der Waals surface area contributed by atoms with E-state index in [1.807, 2.05) is 13.0 Å². The molecule has 3 aromatic heterocycles. The quantitative estimate of drug-likeness (QED) is 0.667. The molecule has 3 N–H and O–H groups in total. The minimum absolute atomic E-state index is 0.00826. The lowest BCUT2D eigenvalue weighted by Crippen LogP contribution is -2.31. The Balaban J connectivity index is 1.55. The third kappa shape index (κ3) is 1.13. The van der Waals surface area contributed by atoms with E-state index in [0.29, 0.717) is 16.5 Å². The first kappa shape index (κ1) is 11.6. The number of nitrogens with one attached hydrogen (secondary N) is 3. The molecule has 110 valence electrons. The normalized spacial score (nSPS) is 34.1. The van der Waals surface area contributed by atoms with Crippen molar-refractivity contribution < 1.29 is 0 Å². The molecule has 2 saturated heterocycles. The summed E-state index contributed by atoms with van der Waals surface area (Å²) in [7, 11) is 0. The van der Waals surface area contributed by atoms with Crippen LogP contribution >= 0.6 is 11.3 Å². The van der Waals surface area contributed by atoms with Gasteiger partial charge in [-0.1, -0.05) is 0 Å². The van der Waals surface area contributed by atoms with Crippen molar-refractivity contribution in [2.75, 3.05) is 6.54 Å². The molecule has 2 aliphatic heterocycles. The maximum absolute atomic E-state index is 12.5. The van der Waals surface area contributed by atoms with Crippen molar-refractivity contribution in [1.82, 2.24) is 25.5 Å². The smallest absolute Gasteiger partial charge is 0.268 e. The molecule has 4 atom stereocenters. The molecule has 7 heteroatoms. The van der Waals surface area contributed by atoms with Crippen LogP contribution in [0.2, 0.25) is 0 Å². The molecule has 0 amide bonds. The van der Waals surface area contributed by atoms with Crippen molar-refractivity contribution >= 4 is 21.6 Å². The summed E-state index contributed by atoms with van der Waals surface area (Å²) in [5, 5.41) is 10.5. The fraction of sp³-hybridized carbons (Fsp3) is 0.400. The molecule has 0 spiro atoms. The number of thiophene rings is 1. The SMILES string of the molecule is Cc1[nH]ncc1-c1cc2nc(C34NC[C@@H]5C3[C@@H]54)[nH]c(=O)c2s1. The van der Waals surface area contributed by atoms with Gasteiger partial charge in [-0.05, 0) is 37.3 Å². The Kier molecular flexibility index (Phi) is 1.75. The summed E-state index contributed by atoms with van der Waals surface area (Å²) in [4.78, 5) is 21.3. The topological polar surface area (TPSA) is 86.5 Å². The van der Waals surface area contributed by atoms with Crippen LogP contribution < -0.4 is 10.9 Å². The van der Waals surface area contributed by atoms with Gasteiger partial charge < -0.3 is 10.3 Å². The average Bonchev–Trinajstić information content (AvgIpc) is 3.04. The standard InChI is InChI=1S/C15H13N5OS/c1-5-6(4-17-20-5)9-2-8-12(22-9)13(21)19-14(18-8)15-10-7(3-16-15)11(10)15/h2,4,7,10-11,16H,3H2,1H3,(H,17,20)(H,18,19,21)/t7-,10+,11?,15?/m0/s1. The van der Waals surface area contributed by atoms with Crippen LogP contribution in [-0.2, 0) is 5.54 Å². The molecule has 2 aliphatic carbocycles. The molecule has 3 aromatic rings. The minimum Gasteiger partial charge on any atom is -0.308 e. The first-order valence-corrected chi connectivity index (χ1v) is 8.31. The Bertz CT molecular complexity index is 1000. The van der Waals surface area contributed by atoms with E-state index in [9.17, 15) is 4.79 Å². The van der Waals surface area contributed by atoms with Gasteiger partial charge in [-0.3, -0.25) is 9.89 Å². The van der Waals surface area contributed by atoms with Gasteiger partial charge in [-0.25, -0.2) is 4.98 Å². The van der Waals surface area contributed by atoms with E-state index in [0.717, 1.165) is 39.9 Å². The summed E-state index contributed by atoms with van der Waals surface area (Å²) < 4.78 is 0.694. The molecule has 0 aromatic carbocycles. The molecular weight excluding hydrogens is 298 g/mol. The van der Waals surface area contributed by atoms with E-state index in [4.69, 9.17) is 4.98 Å². The van der Waals surface area contributed by atoms with Gasteiger partial charge >= 0.3 is 0 Å². The van der Waals surface area contributed by atoms with Crippen molar-refractivity contribution in [3.05, 3.63) is 34.1 Å². The molecule has 4 aliphatic rings. The van der Waals surface area contributed by atoms with Crippen LogP contribution in [0.3, 0.4) is 0 Å². The predicted molar refractivity (Wildman–Crippen MR) is 82.7 cm³/mol. The van der Waals surface area contributed by atoms with E-state index >= 15 is 0 Å². The van der Waals surface area contributed by atoms with Crippen LogP contribution in [0.1, 0.15) is 11.5 Å². The van der Waals surface area contributed by atoms with E-state index in [1.54, 1.807) is 6.20 Å². The number of rotatable bonds is 2. The number of nitrogens with zero attached hydrogens (tertiary/aromatic N) is 2. The Morgan fingerprint density at radius 2 is 2.27 bits per heavy atom. The van der Waals surface area contributed by atoms with Crippen molar-refractivity contribution in [2.24, 2.45) is 17.8 Å². The van der Waals surface area contributed by atoms with E-state index in [1.165, 1.54) is 11.3 Å². The Morgan fingerprint density at radius 3 is 2.95 bits per heavy atom. The van der Waals surface area contributed by atoms with Gasteiger partial charge in [0, 0.05) is 16.1 Å². The summed E-state index contributed by atoms with van der Waals surface area (Å²) in [6, 6.07) is 2.01. The summed E-state index contributed by atoms with van der Waals surface area (Å²) in [6.45, 7) is 3.05. The lowest BCUT2D eigenvalue weighted by Gasteiger charge is -2.14. The molecular formula is C15H13N5OS. The third-order valence-corrected chi connectivity index (χ3v) is 6.77. The van der Waals surface area contributed by atoms with Crippen LogP contribution in [-0.4, -0.2) is 26.7 Å². The number of H-pyrrole nitrogens is 2. The Morgan fingerprint density at radius 1 is 1.41 bits per heavy atom. The fourth-order valence-electron chi connectivity index (χ4n) is 4.42. The summed E-state index contributed by atoms with van der Waals surface area (Å²) in [5.41, 5.74) is 2.81. The largest absolute Gasteiger partial charge is 0.308 e. The highest BCUT2D eigenvalue weighted by atomic mass is 32.1. The highest BCUT2D eigenvalue weighted by molar-refractivity contribution is 7.22. The van der Waals surface area contributed by atoms with Crippen LogP contribution in [0.5, 0.6) is 0 Å². The highest BCUT2D eigenvalue weighted by Crippen LogP contribution is 2.83. The lowest BCUT2D eigenvalue weighted by molar-refractivity contribution is 0.478. The van der Waals surface area contributed by atoms with Gasteiger partial charge in [0.25, 0.3) is 5.56 Å². The van der Waals surface area contributed by atoms with Crippen molar-refractivity contribution in [3.8, 4) is 10.4 Å². The monoisotopic (exact) mass is 311 g/mol. The second-order valence-corrected chi connectivity index (χ2v) is 7.67. The molecule has 2 bridgehead atoms. The fourth-order valence-corrected chi connectivity index (χ4v) is 5.48. The summed E-state index contributed by atoms with van der Waals surface area (Å²) in [6.07, 6.45) is 1.80. The minimum atomic E-state index is -0.0247. The Hall–Kier alpha value is -1.99. The Labute approximate surface area is 129 Å². The predicted octanol–water partition coefficient (Wildman–Crippen LogP) is 1.36. The van der Waals surface area contributed by atoms with Gasteiger partial charge in [0.2, 0.25) is 0 Å². The van der Waals surface area contributed by atoms with Gasteiger partial charge in [0.1, 0.15) is 10.5 Å². The van der Waals surface area contributed by atoms with Gasteiger partial charge in [0.15, 0.2) is 0 Å². The molecule has 4 fully saturated rings. The van der Waals surface area contributed by atoms with Crippen LogP contribution in [0.4, 0.5) is 0 Å². The summed E-state index contributed by atoms with van der Waals surface area (Å²) >= 11 is 1.48. The molecule has 0 radical (unpaired) electrons. The maximum Gasteiger partial charge on any atom is 0.268 e.